The first-order valence-corrected chi connectivity index (χ1v) is 15.0. The molecule has 3 unspecified atom stereocenters. The first kappa shape index (κ1) is 34.5. The summed E-state index contributed by atoms with van der Waals surface area (Å²) in [6, 6.07) is -0.737. The Labute approximate surface area is 213 Å². The Kier molecular flexibility index (Phi) is 22.3. The number of hydrogen-bond donors (Lipinski definition) is 3. The van der Waals surface area contributed by atoms with Crippen molar-refractivity contribution in [3.05, 3.63) is 0 Å². The van der Waals surface area contributed by atoms with Crippen molar-refractivity contribution >= 4 is 13.8 Å². The molecule has 35 heavy (non-hydrogen) atoms. The molecule has 0 bridgehead atoms. The van der Waals surface area contributed by atoms with Gasteiger partial charge in [-0.3, -0.25) is 13.8 Å². The molecule has 0 amide bonds. The number of carbonyl (C=O) groups excluding carboxylic acids is 1. The quantitative estimate of drug-likeness (QED) is 0.0876. The van der Waals surface area contributed by atoms with E-state index in [2.05, 4.69) is 6.92 Å². The third-order valence-corrected chi connectivity index (χ3v) is 6.80. The molecule has 0 aliphatic heterocycles. The van der Waals surface area contributed by atoms with E-state index in [0.29, 0.717) is 13.0 Å². The molecule has 0 aromatic heterocycles. The average Bonchev–Trinajstić information content (AvgIpc) is 2.80. The number of carbonyl (C=O) groups is 1. The lowest BCUT2D eigenvalue weighted by molar-refractivity contribution is -0.149. The second kappa shape index (κ2) is 22.6. The first-order valence-electron chi connectivity index (χ1n) is 13.5. The summed E-state index contributed by atoms with van der Waals surface area (Å²) in [5.41, 5.74) is 5.88. The summed E-state index contributed by atoms with van der Waals surface area (Å²) in [4.78, 5) is 23.3. The number of aliphatic hydroxyl groups excluding tert-OH is 1. The lowest BCUT2D eigenvalue weighted by Crippen LogP contribution is -2.34. The molecule has 0 saturated carbocycles. The van der Waals surface area contributed by atoms with Gasteiger partial charge in [0.2, 0.25) is 0 Å². The van der Waals surface area contributed by atoms with Crippen molar-refractivity contribution in [2.45, 2.75) is 115 Å². The van der Waals surface area contributed by atoms with Gasteiger partial charge in [-0.25, -0.2) is 4.57 Å². The van der Waals surface area contributed by atoms with Crippen LogP contribution in [0.15, 0.2) is 0 Å². The molecule has 0 aromatic carbocycles. The summed E-state index contributed by atoms with van der Waals surface area (Å²) in [6.45, 7) is 1.87. The number of hydrogen-bond acceptors (Lipinski definition) is 8. The molecule has 0 spiro atoms. The Morgan fingerprint density at radius 1 is 0.857 bits per heavy atom. The van der Waals surface area contributed by atoms with Crippen molar-refractivity contribution in [2.24, 2.45) is 5.73 Å². The Balaban J connectivity index is 3.64. The van der Waals surface area contributed by atoms with Gasteiger partial charge in [-0.05, 0) is 20.5 Å². The smallest absolute Gasteiger partial charge is 0.462 e. The van der Waals surface area contributed by atoms with Crippen LogP contribution in [0.4, 0.5) is 0 Å². The van der Waals surface area contributed by atoms with E-state index < -0.39 is 32.5 Å². The summed E-state index contributed by atoms with van der Waals surface area (Å²) in [6.07, 6.45) is 17.0. The van der Waals surface area contributed by atoms with E-state index in [4.69, 9.17) is 19.5 Å². The van der Waals surface area contributed by atoms with E-state index in [1.807, 2.05) is 0 Å². The normalized spacial score (nSPS) is 15.2. The summed E-state index contributed by atoms with van der Waals surface area (Å²) < 4.78 is 26.2. The number of unbranched alkanes of at least 4 members (excludes halogenated alkanes) is 13. The third-order valence-electron chi connectivity index (χ3n) is 5.81. The van der Waals surface area contributed by atoms with E-state index >= 15 is 0 Å². The molecule has 9 nitrogen and oxygen atoms in total. The third kappa shape index (κ3) is 23.6. The molecule has 0 saturated heterocycles. The molecule has 3 atom stereocenters. The van der Waals surface area contributed by atoms with E-state index in [1.54, 1.807) is 19.0 Å². The highest BCUT2D eigenvalue weighted by Crippen LogP contribution is 2.42. The Morgan fingerprint density at radius 2 is 1.34 bits per heavy atom. The Bertz CT molecular complexity index is 552. The fourth-order valence-electron chi connectivity index (χ4n) is 3.57. The summed E-state index contributed by atoms with van der Waals surface area (Å²) in [5, 5.41) is 9.83. The van der Waals surface area contributed by atoms with Crippen LogP contribution in [0.25, 0.3) is 0 Å². The standard InChI is InChI=1S/C25H53N2O7P/c1-4-5-6-7-8-9-10-11-12-13-14-15-16-17-18-24(26)25(29)32-21-23(28)22-34-35(30,31)33-20-19-27(2)3/h23-24,28H,4-22,26H2,1-3H3,(H,30,31). The van der Waals surface area contributed by atoms with Gasteiger partial charge in [-0.15, -0.1) is 0 Å². The fraction of sp³-hybridized carbons (Fsp3) is 0.960. The highest BCUT2D eigenvalue weighted by Gasteiger charge is 2.23. The predicted molar refractivity (Wildman–Crippen MR) is 140 cm³/mol. The topological polar surface area (TPSA) is 132 Å². The maximum Gasteiger partial charge on any atom is 0.472 e. The molecular weight excluding hydrogens is 471 g/mol. The van der Waals surface area contributed by atoms with Gasteiger partial charge in [0.25, 0.3) is 0 Å². The van der Waals surface area contributed by atoms with E-state index in [-0.39, 0.29) is 13.2 Å². The summed E-state index contributed by atoms with van der Waals surface area (Å²) in [5.74, 6) is -0.590. The average molecular weight is 525 g/mol. The number of likely N-dealkylation sites (N-methyl/N-ethyl adjacent to an activating group) is 1. The Morgan fingerprint density at radius 3 is 1.83 bits per heavy atom. The summed E-state index contributed by atoms with van der Waals surface area (Å²) >= 11 is 0. The molecule has 0 heterocycles. The van der Waals surface area contributed by atoms with Crippen LogP contribution in [0.5, 0.6) is 0 Å². The minimum absolute atomic E-state index is 0.0139. The van der Waals surface area contributed by atoms with Gasteiger partial charge in [-0.2, -0.15) is 0 Å². The van der Waals surface area contributed by atoms with Crippen LogP contribution >= 0.6 is 7.82 Å². The predicted octanol–water partition coefficient (Wildman–Crippen LogP) is 4.78. The number of esters is 1. The highest BCUT2D eigenvalue weighted by molar-refractivity contribution is 7.47. The van der Waals surface area contributed by atoms with Gasteiger partial charge < -0.3 is 25.4 Å². The highest BCUT2D eigenvalue weighted by atomic mass is 31.2. The number of rotatable bonds is 25. The molecule has 0 rings (SSSR count). The lowest BCUT2D eigenvalue weighted by atomic mass is 10.0. The maximum absolute atomic E-state index is 12.0. The van der Waals surface area contributed by atoms with Crippen molar-refractivity contribution in [1.82, 2.24) is 4.90 Å². The second-order valence-electron chi connectivity index (χ2n) is 9.68. The van der Waals surface area contributed by atoms with Crippen molar-refractivity contribution in [3.63, 3.8) is 0 Å². The van der Waals surface area contributed by atoms with Gasteiger partial charge in [0.15, 0.2) is 0 Å². The van der Waals surface area contributed by atoms with Gasteiger partial charge >= 0.3 is 13.8 Å². The number of nitrogens with two attached hydrogens (primary N) is 1. The van der Waals surface area contributed by atoms with Crippen molar-refractivity contribution in [3.8, 4) is 0 Å². The number of phosphoric ester groups is 1. The van der Waals surface area contributed by atoms with Crippen LogP contribution in [-0.2, 0) is 23.1 Å². The van der Waals surface area contributed by atoms with Gasteiger partial charge in [0, 0.05) is 6.54 Å². The van der Waals surface area contributed by atoms with Crippen LogP contribution < -0.4 is 5.73 Å². The summed E-state index contributed by atoms with van der Waals surface area (Å²) in [7, 11) is -0.660. The van der Waals surface area contributed by atoms with Crippen LogP contribution in [0, 0.1) is 0 Å². The van der Waals surface area contributed by atoms with E-state index in [0.717, 1.165) is 19.3 Å². The van der Waals surface area contributed by atoms with Crippen LogP contribution in [0.2, 0.25) is 0 Å². The molecule has 0 aliphatic carbocycles. The van der Waals surface area contributed by atoms with Crippen LogP contribution in [0.3, 0.4) is 0 Å². The zero-order valence-corrected chi connectivity index (χ0v) is 23.4. The Hall–Kier alpha value is -0.540. The largest absolute Gasteiger partial charge is 0.472 e. The molecule has 10 heteroatoms. The van der Waals surface area contributed by atoms with E-state index in [1.165, 1.54) is 70.6 Å². The number of nitrogens with zero attached hydrogens (tertiary/aromatic N) is 1. The maximum atomic E-state index is 12.0. The molecule has 0 fully saturated rings. The molecule has 0 radical (unpaired) electrons. The number of aliphatic hydroxyl groups is 1. The minimum atomic E-state index is -4.26. The SMILES string of the molecule is CCCCCCCCCCCCCCCCC(N)C(=O)OCC(O)COP(=O)(O)OCCN(C)C. The zero-order valence-electron chi connectivity index (χ0n) is 22.5. The minimum Gasteiger partial charge on any atom is -0.462 e. The molecular formula is C25H53N2O7P. The molecule has 0 aromatic rings. The van der Waals surface area contributed by atoms with Crippen molar-refractivity contribution in [2.75, 3.05) is 40.5 Å². The van der Waals surface area contributed by atoms with Crippen molar-refractivity contribution < 1.29 is 33.1 Å². The van der Waals surface area contributed by atoms with Gasteiger partial charge in [0.1, 0.15) is 18.8 Å². The number of ether oxygens (including phenoxy) is 1. The zero-order chi connectivity index (χ0) is 26.4. The molecule has 0 aliphatic rings. The van der Waals surface area contributed by atoms with Gasteiger partial charge in [0.05, 0.1) is 13.2 Å². The molecule has 210 valence electrons. The second-order valence-corrected chi connectivity index (χ2v) is 11.1. The monoisotopic (exact) mass is 524 g/mol. The van der Waals surface area contributed by atoms with E-state index in [9.17, 15) is 19.4 Å². The van der Waals surface area contributed by atoms with Crippen LogP contribution in [-0.4, -0.2) is 73.5 Å². The lowest BCUT2D eigenvalue weighted by Gasteiger charge is -2.17. The van der Waals surface area contributed by atoms with Crippen molar-refractivity contribution in [1.29, 1.82) is 0 Å². The number of phosphoric acid groups is 1. The molecule has 4 N–H and O–H groups in total. The fourth-order valence-corrected chi connectivity index (χ4v) is 4.31. The van der Waals surface area contributed by atoms with Gasteiger partial charge in [-0.1, -0.05) is 96.8 Å². The first-order chi connectivity index (χ1) is 16.7. The van der Waals surface area contributed by atoms with Crippen LogP contribution in [0.1, 0.15) is 103 Å².